The topological polar surface area (TPSA) is 170 Å². The van der Waals surface area contributed by atoms with Gasteiger partial charge < -0.3 is 27.5 Å². The number of nitrogens with zero attached hydrogens (tertiary/aromatic N) is 3. The van der Waals surface area contributed by atoms with Gasteiger partial charge in [-0.05, 0) is 80.6 Å². The van der Waals surface area contributed by atoms with Crippen LogP contribution in [0.3, 0.4) is 0 Å². The van der Waals surface area contributed by atoms with E-state index in [0.717, 1.165) is 18.4 Å². The Morgan fingerprint density at radius 2 is 1.95 bits per heavy atom. The van der Waals surface area contributed by atoms with Gasteiger partial charge in [-0.15, -0.1) is 0 Å². The third-order valence-electron chi connectivity index (χ3n) is 6.33. The van der Waals surface area contributed by atoms with E-state index in [1.54, 1.807) is 48.7 Å². The number of hydrogen-bond donors (Lipinski definition) is 5. The van der Waals surface area contributed by atoms with E-state index in [-0.39, 0.29) is 22.9 Å². The Morgan fingerprint density at radius 3 is 2.65 bits per heavy atom. The average Bonchev–Trinajstić information content (AvgIpc) is 3.32. The zero-order valence-electron chi connectivity index (χ0n) is 22.1. The number of carbonyl (C=O) groups excluding carboxylic acids is 1. The minimum Gasteiger partial charge on any atom is -0.370 e. The summed E-state index contributed by atoms with van der Waals surface area (Å²) in [5.74, 6) is -0.798. The predicted molar refractivity (Wildman–Crippen MR) is 156 cm³/mol. The molecule has 1 atom stereocenters. The number of rotatable bonds is 11. The molecule has 10 nitrogen and oxygen atoms in total. The molecular weight excluding hydrogens is 535 g/mol. The lowest BCUT2D eigenvalue weighted by Crippen LogP contribution is -2.26. The van der Waals surface area contributed by atoms with Gasteiger partial charge in [-0.1, -0.05) is 11.6 Å². The molecule has 1 unspecified atom stereocenters. The summed E-state index contributed by atoms with van der Waals surface area (Å²) < 4.78 is 16.4. The van der Waals surface area contributed by atoms with Gasteiger partial charge in [0.1, 0.15) is 5.65 Å². The van der Waals surface area contributed by atoms with Gasteiger partial charge >= 0.3 is 5.69 Å². The number of amides is 1. The largest absolute Gasteiger partial charge is 0.370 e. The Morgan fingerprint density at radius 1 is 1.20 bits per heavy atom. The molecule has 0 saturated heterocycles. The fourth-order valence-electron chi connectivity index (χ4n) is 4.30. The van der Waals surface area contributed by atoms with E-state index in [4.69, 9.17) is 28.8 Å². The van der Waals surface area contributed by atoms with E-state index in [9.17, 15) is 9.59 Å². The van der Waals surface area contributed by atoms with Crippen molar-refractivity contribution >= 4 is 34.5 Å². The Hall–Kier alpha value is -4.22. The fraction of sp³-hybridized carbons (Fsp3) is 0.286. The second-order valence-electron chi connectivity index (χ2n) is 9.65. The number of halogens is 2. The number of fused-ring (bicyclic) bond motifs is 1. The van der Waals surface area contributed by atoms with Gasteiger partial charge in [0.2, 0.25) is 0 Å². The minimum atomic E-state index is -0.551. The van der Waals surface area contributed by atoms with Gasteiger partial charge in [-0.2, -0.15) is 4.98 Å². The molecule has 12 heteroatoms. The first-order valence-corrected chi connectivity index (χ1v) is 13.3. The van der Waals surface area contributed by atoms with Crippen LogP contribution in [0.1, 0.15) is 42.1 Å². The number of aromatic amines is 1. The number of aryl methyl sites for hydroxylation is 1. The van der Waals surface area contributed by atoms with Crippen molar-refractivity contribution in [3.05, 3.63) is 81.1 Å². The quantitative estimate of drug-likeness (QED) is 0.106. The Labute approximate surface area is 235 Å². The maximum atomic E-state index is 15.0. The van der Waals surface area contributed by atoms with E-state index in [1.807, 2.05) is 6.92 Å². The number of benzene rings is 2. The van der Waals surface area contributed by atoms with Crippen LogP contribution in [0.4, 0.5) is 4.39 Å². The molecule has 0 radical (unpaired) electrons. The summed E-state index contributed by atoms with van der Waals surface area (Å²) in [5.41, 5.74) is 18.8. The fourth-order valence-corrected chi connectivity index (χ4v) is 4.54. The highest BCUT2D eigenvalue weighted by molar-refractivity contribution is 6.31. The van der Waals surface area contributed by atoms with E-state index in [1.165, 1.54) is 4.57 Å². The van der Waals surface area contributed by atoms with Crippen LogP contribution >= 0.6 is 11.6 Å². The van der Waals surface area contributed by atoms with Crippen LogP contribution in [0.25, 0.3) is 28.0 Å². The molecule has 4 rings (SSSR count). The summed E-state index contributed by atoms with van der Waals surface area (Å²) in [6.45, 7) is 2.78. The molecule has 1 amide bonds. The van der Waals surface area contributed by atoms with Crippen molar-refractivity contribution in [1.29, 1.82) is 0 Å². The van der Waals surface area contributed by atoms with Crippen molar-refractivity contribution < 1.29 is 9.18 Å². The molecular formula is C28H32ClFN8O2. The van der Waals surface area contributed by atoms with E-state index in [0.29, 0.717) is 59.5 Å². The number of nitrogens with one attached hydrogen (secondary N) is 2. The molecule has 8 N–H and O–H groups in total. The zero-order chi connectivity index (χ0) is 28.8. The van der Waals surface area contributed by atoms with Crippen LogP contribution in [0.5, 0.6) is 0 Å². The second-order valence-corrected chi connectivity index (χ2v) is 10.1. The van der Waals surface area contributed by atoms with Gasteiger partial charge in [-0.25, -0.2) is 9.18 Å². The third-order valence-corrected chi connectivity index (χ3v) is 6.61. The van der Waals surface area contributed by atoms with Crippen molar-refractivity contribution in [2.24, 2.45) is 22.2 Å². The molecule has 0 bridgehead atoms. The van der Waals surface area contributed by atoms with Gasteiger partial charge in [0.05, 0.1) is 16.4 Å². The molecule has 0 aliphatic heterocycles. The van der Waals surface area contributed by atoms with E-state index in [2.05, 4.69) is 20.3 Å². The summed E-state index contributed by atoms with van der Waals surface area (Å²) in [4.78, 5) is 36.3. The van der Waals surface area contributed by atoms with Crippen LogP contribution in [-0.2, 0) is 6.42 Å². The zero-order valence-corrected chi connectivity index (χ0v) is 22.8. The first-order valence-electron chi connectivity index (χ1n) is 12.9. The number of guanidine groups is 1. The molecule has 0 aliphatic rings. The lowest BCUT2D eigenvalue weighted by molar-refractivity contribution is 0.0953. The number of hydrogen-bond acceptors (Lipinski definition) is 5. The molecule has 2 aromatic heterocycles. The molecule has 210 valence electrons. The Bertz CT molecular complexity index is 1590. The van der Waals surface area contributed by atoms with E-state index >= 15 is 4.39 Å². The second kappa shape index (κ2) is 12.8. The average molecular weight is 567 g/mol. The maximum absolute atomic E-state index is 15.0. The summed E-state index contributed by atoms with van der Waals surface area (Å²) in [6.07, 6.45) is 4.63. The molecule has 0 fully saturated rings. The van der Waals surface area contributed by atoms with Crippen LogP contribution in [0.2, 0.25) is 5.02 Å². The smallest absolute Gasteiger partial charge is 0.354 e. The normalized spacial score (nSPS) is 11.9. The van der Waals surface area contributed by atoms with Crippen molar-refractivity contribution in [3.63, 3.8) is 0 Å². The van der Waals surface area contributed by atoms with Gasteiger partial charge in [0.25, 0.3) is 5.91 Å². The highest BCUT2D eigenvalue weighted by atomic mass is 35.5. The van der Waals surface area contributed by atoms with Crippen molar-refractivity contribution in [1.82, 2.24) is 19.9 Å². The first kappa shape index (κ1) is 28.8. The standard InChI is InChI=1S/C28H32ClFN8O2/c1-16(31)4-2-5-17-12-21(24(30)22(29)13-17)23-14-19-15-38(28(40)37-25(19)36-23)20-8-6-18(7-9-20)26(39)34-10-3-11-35-27(32)33/h6-9,12-16H,2-5,10-11,31H2,1H3,(H,34,39)(H4,32,33,35)(H,36,37,40). The SMILES string of the molecule is CC(N)CCCc1cc(Cl)c(F)c(-c2cc3cn(-c4ccc(C(=O)NCCCN=C(N)N)cc4)c(=O)nc3[nH]2)c1. The van der Waals surface area contributed by atoms with Crippen LogP contribution in [0.15, 0.2) is 58.4 Å². The molecule has 0 aliphatic carbocycles. The van der Waals surface area contributed by atoms with Gasteiger partial charge in [-0.3, -0.25) is 14.4 Å². The Kier molecular flexibility index (Phi) is 9.18. The number of H-pyrrole nitrogens is 1. The van der Waals surface area contributed by atoms with Crippen molar-refractivity contribution in [2.75, 3.05) is 13.1 Å². The third kappa shape index (κ3) is 7.04. The van der Waals surface area contributed by atoms with Crippen LogP contribution in [-0.4, -0.2) is 45.5 Å². The number of nitrogens with two attached hydrogens (primary N) is 3. The van der Waals surface area contributed by atoms with Gasteiger partial charge in [0, 0.05) is 41.8 Å². The van der Waals surface area contributed by atoms with Crippen molar-refractivity contribution in [3.8, 4) is 16.9 Å². The van der Waals surface area contributed by atoms with Gasteiger partial charge in [0.15, 0.2) is 11.8 Å². The monoisotopic (exact) mass is 566 g/mol. The lowest BCUT2D eigenvalue weighted by atomic mass is 10.0. The number of carbonyl (C=O) groups is 1. The summed E-state index contributed by atoms with van der Waals surface area (Å²) in [6, 6.07) is 11.7. The van der Waals surface area contributed by atoms with E-state index < -0.39 is 11.5 Å². The predicted octanol–water partition coefficient (Wildman–Crippen LogP) is 3.24. The first-order chi connectivity index (χ1) is 19.1. The van der Waals surface area contributed by atoms with Crippen LogP contribution < -0.4 is 28.2 Å². The van der Waals surface area contributed by atoms with Crippen molar-refractivity contribution in [2.45, 2.75) is 38.6 Å². The molecule has 2 aromatic carbocycles. The molecule has 0 saturated carbocycles. The highest BCUT2D eigenvalue weighted by Gasteiger charge is 2.16. The molecule has 40 heavy (non-hydrogen) atoms. The number of aromatic nitrogens is 3. The molecule has 2 heterocycles. The number of aliphatic imine (C=N–C) groups is 1. The molecule has 4 aromatic rings. The molecule has 0 spiro atoms. The summed E-state index contributed by atoms with van der Waals surface area (Å²) in [7, 11) is 0. The Balaban J connectivity index is 1.54. The highest BCUT2D eigenvalue weighted by Crippen LogP contribution is 2.31. The summed E-state index contributed by atoms with van der Waals surface area (Å²) in [5, 5.41) is 3.43. The summed E-state index contributed by atoms with van der Waals surface area (Å²) >= 11 is 6.20. The van der Waals surface area contributed by atoms with Crippen LogP contribution in [0, 0.1) is 5.82 Å². The minimum absolute atomic E-state index is 0.00947. The lowest BCUT2D eigenvalue weighted by Gasteiger charge is -2.09. The maximum Gasteiger partial charge on any atom is 0.354 e.